The normalized spacial score (nSPS) is 21.4. The third-order valence-electron chi connectivity index (χ3n) is 5.65. The lowest BCUT2D eigenvalue weighted by molar-refractivity contribution is -0.387. The number of nitro benzene ring substituents is 1. The molecule has 2 N–H and O–H groups in total. The van der Waals surface area contributed by atoms with E-state index in [1.165, 1.54) is 16.8 Å². The van der Waals surface area contributed by atoms with E-state index in [0.29, 0.717) is 19.3 Å². The summed E-state index contributed by atoms with van der Waals surface area (Å²) >= 11 is 0. The van der Waals surface area contributed by atoms with Crippen molar-refractivity contribution >= 4 is 27.9 Å². The molecule has 0 radical (unpaired) electrons. The van der Waals surface area contributed by atoms with E-state index in [0.717, 1.165) is 29.3 Å². The van der Waals surface area contributed by atoms with Crippen molar-refractivity contribution in [2.24, 2.45) is 5.73 Å². The molecule has 2 aliphatic heterocycles. The summed E-state index contributed by atoms with van der Waals surface area (Å²) in [6, 6.07) is 4.46. The number of rotatable bonds is 7. The number of primary amides is 1. The molecule has 13 nitrogen and oxygen atoms in total. The zero-order valence-electron chi connectivity index (χ0n) is 18.0. The van der Waals surface area contributed by atoms with Crippen LogP contribution in [0.2, 0.25) is 0 Å². The van der Waals surface area contributed by atoms with Crippen molar-refractivity contribution in [2.75, 3.05) is 13.2 Å². The molecular weight excluding hydrogens is 470 g/mol. The van der Waals surface area contributed by atoms with Crippen LogP contribution in [0, 0.1) is 10.1 Å². The average Bonchev–Trinajstić information content (AvgIpc) is 3.17. The Morgan fingerprint density at radius 1 is 1.26 bits per heavy atom. The summed E-state index contributed by atoms with van der Waals surface area (Å²) in [5, 5.41) is 15.8. The molecule has 4 rings (SSSR count). The molecule has 1 aromatic carbocycles. The molecule has 0 bridgehead atoms. The van der Waals surface area contributed by atoms with Gasteiger partial charge in [-0.15, -0.1) is 0 Å². The topological polar surface area (TPSA) is 177 Å². The lowest BCUT2D eigenvalue weighted by atomic mass is 10.2. The molecule has 2 aliphatic rings. The van der Waals surface area contributed by atoms with Crippen molar-refractivity contribution in [1.29, 1.82) is 0 Å². The lowest BCUT2D eigenvalue weighted by Crippen LogP contribution is -2.39. The first-order chi connectivity index (χ1) is 16.2. The summed E-state index contributed by atoms with van der Waals surface area (Å²) in [6.45, 7) is 0.636. The molecule has 1 fully saturated rings. The number of hydrogen-bond donors (Lipinski definition) is 1. The molecule has 1 saturated heterocycles. The number of carbonyl (C=O) groups is 2. The van der Waals surface area contributed by atoms with E-state index in [9.17, 15) is 28.1 Å². The number of aromatic nitrogens is 2. The highest BCUT2D eigenvalue weighted by Crippen LogP contribution is 2.37. The van der Waals surface area contributed by atoms with E-state index >= 15 is 0 Å². The Bertz CT molecular complexity index is 1220. The number of carbonyl (C=O) groups excluding carboxylic acids is 2. The molecule has 2 atom stereocenters. The summed E-state index contributed by atoms with van der Waals surface area (Å²) in [6.07, 6.45) is 0.815. The predicted molar refractivity (Wildman–Crippen MR) is 115 cm³/mol. The number of nitrogens with zero attached hydrogens (tertiary/aromatic N) is 4. The quantitative estimate of drug-likeness (QED) is 0.338. The van der Waals surface area contributed by atoms with Gasteiger partial charge in [0.15, 0.2) is 17.4 Å². The molecule has 3 heterocycles. The van der Waals surface area contributed by atoms with Crippen molar-refractivity contribution in [2.45, 2.75) is 49.6 Å². The first-order valence-corrected chi connectivity index (χ1v) is 12.1. The fraction of sp³-hybridized carbons (Fsp3) is 0.450. The minimum Gasteiger partial charge on any atom is -0.364 e. The molecule has 2 aromatic rings. The van der Waals surface area contributed by atoms with Gasteiger partial charge in [0.2, 0.25) is 0 Å². The van der Waals surface area contributed by atoms with Gasteiger partial charge in [0.1, 0.15) is 12.0 Å². The largest absolute Gasteiger partial charge is 0.364 e. The first kappa shape index (κ1) is 23.9. The van der Waals surface area contributed by atoms with Crippen LogP contribution in [0.1, 0.15) is 58.5 Å². The van der Waals surface area contributed by atoms with Crippen LogP contribution in [0.25, 0.3) is 0 Å². The molecule has 0 saturated carbocycles. The van der Waals surface area contributed by atoms with Crippen molar-refractivity contribution in [3.63, 3.8) is 0 Å². The summed E-state index contributed by atoms with van der Waals surface area (Å²) in [5.41, 5.74) is 4.84. The van der Waals surface area contributed by atoms with E-state index in [1.54, 1.807) is 0 Å². The number of benzene rings is 1. The molecule has 14 heteroatoms. The van der Waals surface area contributed by atoms with Crippen molar-refractivity contribution < 1.29 is 32.4 Å². The monoisotopic (exact) mass is 493 g/mol. The molecule has 1 amide bonds. The van der Waals surface area contributed by atoms with Crippen molar-refractivity contribution in [3.05, 3.63) is 51.3 Å². The Labute approximate surface area is 194 Å². The van der Waals surface area contributed by atoms with Crippen LogP contribution in [0.3, 0.4) is 0 Å². The van der Waals surface area contributed by atoms with Crippen LogP contribution < -0.4 is 5.73 Å². The number of aldehydes is 1. The molecular formula is C20H23N5O8S. The highest BCUT2D eigenvalue weighted by atomic mass is 32.2. The second kappa shape index (κ2) is 9.58. The highest BCUT2D eigenvalue weighted by molar-refractivity contribution is 7.89. The highest BCUT2D eigenvalue weighted by Gasteiger charge is 2.42. The smallest absolute Gasteiger partial charge is 0.289 e. The summed E-state index contributed by atoms with van der Waals surface area (Å²) in [7, 11) is -4.55. The van der Waals surface area contributed by atoms with Crippen LogP contribution in [-0.4, -0.2) is 59.1 Å². The van der Waals surface area contributed by atoms with Gasteiger partial charge in [-0.05, 0) is 43.9 Å². The third kappa shape index (κ3) is 4.57. The maximum Gasteiger partial charge on any atom is 0.289 e. The van der Waals surface area contributed by atoms with E-state index < -0.39 is 44.0 Å². The number of ether oxygens (including phenoxy) is 2. The molecule has 0 aliphatic carbocycles. The number of aryl methyl sites for hydroxylation is 1. The predicted octanol–water partition coefficient (Wildman–Crippen LogP) is 1.34. The van der Waals surface area contributed by atoms with Gasteiger partial charge in [-0.25, -0.2) is 8.42 Å². The van der Waals surface area contributed by atoms with Crippen LogP contribution in [0.15, 0.2) is 29.2 Å². The Balaban J connectivity index is 1.84. The summed E-state index contributed by atoms with van der Waals surface area (Å²) in [5.74, 6) is -0.794. The van der Waals surface area contributed by atoms with Gasteiger partial charge < -0.3 is 15.2 Å². The molecule has 1 aromatic heterocycles. The average molecular weight is 493 g/mol. The van der Waals surface area contributed by atoms with Crippen LogP contribution in [0.4, 0.5) is 5.69 Å². The Kier molecular flexibility index (Phi) is 6.74. The van der Waals surface area contributed by atoms with Gasteiger partial charge in [-0.3, -0.25) is 24.4 Å². The summed E-state index contributed by atoms with van der Waals surface area (Å²) < 4.78 is 41.7. The Morgan fingerprint density at radius 3 is 2.71 bits per heavy atom. The van der Waals surface area contributed by atoms with Crippen molar-refractivity contribution in [1.82, 2.24) is 14.1 Å². The second-order valence-electron chi connectivity index (χ2n) is 7.90. The maximum absolute atomic E-state index is 13.8. The zero-order valence-corrected chi connectivity index (χ0v) is 18.8. The van der Waals surface area contributed by atoms with Crippen LogP contribution in [0.5, 0.6) is 0 Å². The number of fused-ring (bicyclic) bond motifs is 1. The van der Waals surface area contributed by atoms with Gasteiger partial charge in [0.05, 0.1) is 10.6 Å². The molecule has 0 spiro atoms. The fourth-order valence-electron chi connectivity index (χ4n) is 4.00. The van der Waals surface area contributed by atoms with Crippen LogP contribution >= 0.6 is 0 Å². The minimum atomic E-state index is -4.55. The van der Waals surface area contributed by atoms with E-state index in [2.05, 4.69) is 5.10 Å². The molecule has 2 unspecified atom stereocenters. The minimum absolute atomic E-state index is 0.0341. The van der Waals surface area contributed by atoms with Gasteiger partial charge >= 0.3 is 0 Å². The zero-order chi connectivity index (χ0) is 24.5. The SMILES string of the molecule is NC(=O)c1cc2n(n1)CCCN(S(=O)(=O)c1cc(C=O)ccc1[N+](=O)[O-])C2OC1CCCCO1. The lowest BCUT2D eigenvalue weighted by Gasteiger charge is -2.33. The number of amides is 1. The van der Waals surface area contributed by atoms with E-state index in [1.807, 2.05) is 0 Å². The Hall–Kier alpha value is -3.20. The summed E-state index contributed by atoms with van der Waals surface area (Å²) in [4.78, 5) is 33.2. The number of nitro groups is 1. The number of sulfonamides is 1. The van der Waals surface area contributed by atoms with Gasteiger partial charge in [0.25, 0.3) is 21.6 Å². The molecule has 34 heavy (non-hydrogen) atoms. The second-order valence-corrected chi connectivity index (χ2v) is 9.76. The van der Waals surface area contributed by atoms with Crippen LogP contribution in [-0.2, 0) is 26.0 Å². The molecule has 182 valence electrons. The van der Waals surface area contributed by atoms with Gasteiger partial charge in [-0.2, -0.15) is 9.40 Å². The van der Waals surface area contributed by atoms with Gasteiger partial charge in [0, 0.05) is 31.3 Å². The third-order valence-corrected chi connectivity index (χ3v) is 7.52. The first-order valence-electron chi connectivity index (χ1n) is 10.6. The Morgan fingerprint density at radius 2 is 2.06 bits per heavy atom. The fourth-order valence-corrected chi connectivity index (χ4v) is 5.73. The number of hydrogen-bond acceptors (Lipinski definition) is 9. The van der Waals surface area contributed by atoms with Gasteiger partial charge in [-0.1, -0.05) is 0 Å². The standard InChI is InChI=1S/C20H23N5O8S/c21-19(27)14-11-16-20(33-18-4-1-2-9-32-18)24(8-3-7-23(16)22-14)34(30,31)17-10-13(12-26)5-6-15(17)25(28)29/h5-6,10-12,18,20H,1-4,7-9H2,(H2,21,27). The van der Waals surface area contributed by atoms with E-state index in [-0.39, 0.29) is 36.5 Å². The van der Waals surface area contributed by atoms with E-state index in [4.69, 9.17) is 15.2 Å². The van der Waals surface area contributed by atoms with Crippen molar-refractivity contribution in [3.8, 4) is 0 Å². The number of nitrogens with two attached hydrogens (primary N) is 1. The maximum atomic E-state index is 13.8.